The van der Waals surface area contributed by atoms with Crippen molar-refractivity contribution in [1.82, 2.24) is 0 Å². The lowest BCUT2D eigenvalue weighted by atomic mass is 10.0. The lowest BCUT2D eigenvalue weighted by Crippen LogP contribution is -2.12. The van der Waals surface area contributed by atoms with E-state index in [0.29, 0.717) is 39.0 Å². The van der Waals surface area contributed by atoms with Crippen molar-refractivity contribution in [1.29, 1.82) is 5.26 Å². The number of thiophene rings is 1. The van der Waals surface area contributed by atoms with Crippen LogP contribution in [0.5, 0.6) is 23.0 Å². The number of ketones is 1. The largest absolute Gasteiger partial charge is 0.493 e. The molecule has 0 aliphatic carbocycles. The number of carbonyl (C=O) groups is 3. The van der Waals surface area contributed by atoms with Gasteiger partial charge >= 0.3 is 11.9 Å². The number of carbonyl (C=O) groups excluding carboxylic acids is 3. The van der Waals surface area contributed by atoms with Crippen molar-refractivity contribution < 1.29 is 42.8 Å². The van der Waals surface area contributed by atoms with Gasteiger partial charge in [0, 0.05) is 11.3 Å². The van der Waals surface area contributed by atoms with E-state index in [1.165, 1.54) is 13.2 Å². The van der Waals surface area contributed by atoms with Crippen molar-refractivity contribution >= 4 is 35.1 Å². The zero-order valence-electron chi connectivity index (χ0n) is 23.6. The van der Waals surface area contributed by atoms with Gasteiger partial charge in [0.05, 0.1) is 31.5 Å². The standard InChI is InChI=1S/C31H29NO9S/c1-5-37-30(34)28-18(3)29(31(35)38-6-2)42-27(28)14-22(33)21(15-32)11-19-7-9-23(25(12-19)36-4)39-16-20-8-10-24-26(13-20)41-17-40-24/h7-13H,5-6,14,16-17H2,1-4H3/b21-11+. The second-order valence-electron chi connectivity index (χ2n) is 8.95. The number of methoxy groups -OCH3 is 1. The Balaban J connectivity index is 1.53. The predicted octanol–water partition coefficient (Wildman–Crippen LogP) is 5.45. The van der Waals surface area contributed by atoms with Gasteiger partial charge in [-0.2, -0.15) is 5.26 Å². The maximum absolute atomic E-state index is 13.2. The molecule has 1 aliphatic rings. The van der Waals surface area contributed by atoms with Crippen LogP contribution in [0.2, 0.25) is 0 Å². The van der Waals surface area contributed by atoms with Gasteiger partial charge in [-0.25, -0.2) is 9.59 Å². The van der Waals surface area contributed by atoms with Crippen LogP contribution in [0.1, 0.15) is 55.4 Å². The molecule has 1 aromatic heterocycles. The van der Waals surface area contributed by atoms with Crippen molar-refractivity contribution in [3.8, 4) is 29.1 Å². The summed E-state index contributed by atoms with van der Waals surface area (Å²) < 4.78 is 32.4. The Labute approximate surface area is 247 Å². The molecule has 11 heteroatoms. The molecule has 1 aliphatic heterocycles. The number of nitrogens with zero attached hydrogens (tertiary/aromatic N) is 1. The molecule has 4 rings (SSSR count). The molecular weight excluding hydrogens is 562 g/mol. The van der Waals surface area contributed by atoms with Gasteiger partial charge in [-0.1, -0.05) is 12.1 Å². The minimum atomic E-state index is -0.645. The Morgan fingerprint density at radius 2 is 1.74 bits per heavy atom. The van der Waals surface area contributed by atoms with Crippen molar-refractivity contribution in [2.24, 2.45) is 0 Å². The first kappa shape index (κ1) is 30.1. The zero-order valence-corrected chi connectivity index (χ0v) is 24.4. The van der Waals surface area contributed by atoms with E-state index in [1.807, 2.05) is 24.3 Å². The third-order valence-electron chi connectivity index (χ3n) is 6.23. The van der Waals surface area contributed by atoms with Crippen molar-refractivity contribution in [3.63, 3.8) is 0 Å². The average molecular weight is 592 g/mol. The summed E-state index contributed by atoms with van der Waals surface area (Å²) in [5.74, 6) is 0.453. The Bertz CT molecular complexity index is 1580. The Kier molecular flexibility index (Phi) is 9.83. The van der Waals surface area contributed by atoms with E-state index in [-0.39, 0.29) is 49.0 Å². The summed E-state index contributed by atoms with van der Waals surface area (Å²) in [7, 11) is 1.49. The van der Waals surface area contributed by atoms with Crippen LogP contribution in [0, 0.1) is 18.3 Å². The highest BCUT2D eigenvalue weighted by Crippen LogP contribution is 2.35. The van der Waals surface area contributed by atoms with Gasteiger partial charge in [-0.05, 0) is 67.8 Å². The van der Waals surface area contributed by atoms with Gasteiger partial charge < -0.3 is 28.4 Å². The van der Waals surface area contributed by atoms with Gasteiger partial charge in [-0.15, -0.1) is 11.3 Å². The number of rotatable bonds is 12. The SMILES string of the molecule is CCOC(=O)c1sc(CC(=O)/C(C#N)=C/c2ccc(OCc3ccc4c(c3)OCO4)c(OC)c2)c(C(=O)OCC)c1C. The van der Waals surface area contributed by atoms with Crippen molar-refractivity contribution in [3.05, 3.63) is 74.0 Å². The zero-order chi connectivity index (χ0) is 30.2. The molecule has 42 heavy (non-hydrogen) atoms. The molecule has 0 fully saturated rings. The normalized spacial score (nSPS) is 11.9. The Morgan fingerprint density at radius 3 is 2.45 bits per heavy atom. The summed E-state index contributed by atoms with van der Waals surface area (Å²) in [6.07, 6.45) is 1.16. The van der Waals surface area contributed by atoms with E-state index < -0.39 is 17.7 Å². The summed E-state index contributed by atoms with van der Waals surface area (Å²) in [6, 6.07) is 12.5. The first-order valence-corrected chi connectivity index (χ1v) is 13.9. The second kappa shape index (κ2) is 13.7. The van der Waals surface area contributed by atoms with Crippen LogP contribution in [0.3, 0.4) is 0 Å². The quantitative estimate of drug-likeness (QED) is 0.152. The predicted molar refractivity (Wildman–Crippen MR) is 153 cm³/mol. The molecule has 0 saturated heterocycles. The van der Waals surface area contributed by atoms with E-state index in [0.717, 1.165) is 16.9 Å². The molecule has 0 atom stereocenters. The van der Waals surface area contributed by atoms with Crippen LogP contribution < -0.4 is 18.9 Å². The molecule has 2 aromatic carbocycles. The third-order valence-corrected chi connectivity index (χ3v) is 7.50. The highest BCUT2D eigenvalue weighted by Gasteiger charge is 2.28. The lowest BCUT2D eigenvalue weighted by Gasteiger charge is -2.12. The van der Waals surface area contributed by atoms with Gasteiger partial charge in [0.15, 0.2) is 28.8 Å². The van der Waals surface area contributed by atoms with E-state index in [9.17, 15) is 19.6 Å². The maximum atomic E-state index is 13.2. The van der Waals surface area contributed by atoms with E-state index in [1.54, 1.807) is 39.0 Å². The van der Waals surface area contributed by atoms with Crippen LogP contribution >= 0.6 is 11.3 Å². The Hall–Kier alpha value is -4.82. The fourth-order valence-electron chi connectivity index (χ4n) is 4.23. The molecule has 0 spiro atoms. The number of fused-ring (bicyclic) bond motifs is 1. The summed E-state index contributed by atoms with van der Waals surface area (Å²) >= 11 is 0.985. The van der Waals surface area contributed by atoms with Gasteiger partial charge in [0.25, 0.3) is 0 Å². The molecule has 0 amide bonds. The molecule has 0 bridgehead atoms. The Morgan fingerprint density at radius 1 is 1.00 bits per heavy atom. The molecule has 0 radical (unpaired) electrons. The fraction of sp³-hybridized carbons (Fsp3) is 0.290. The van der Waals surface area contributed by atoms with Crippen LogP contribution in [-0.4, -0.2) is 44.8 Å². The summed E-state index contributed by atoms with van der Waals surface area (Å²) in [6.45, 7) is 5.66. The van der Waals surface area contributed by atoms with Crippen molar-refractivity contribution in [2.45, 2.75) is 33.8 Å². The van der Waals surface area contributed by atoms with E-state index >= 15 is 0 Å². The topological polar surface area (TPSA) is 130 Å². The summed E-state index contributed by atoms with van der Waals surface area (Å²) in [5.41, 5.74) is 1.79. The smallest absolute Gasteiger partial charge is 0.348 e. The minimum absolute atomic E-state index is 0.123. The summed E-state index contributed by atoms with van der Waals surface area (Å²) in [4.78, 5) is 38.9. The van der Waals surface area contributed by atoms with Crippen LogP contribution in [-0.2, 0) is 27.3 Å². The number of allylic oxidation sites excluding steroid dienone is 1. The second-order valence-corrected chi connectivity index (χ2v) is 10.1. The number of ether oxygens (including phenoxy) is 6. The lowest BCUT2D eigenvalue weighted by molar-refractivity contribution is -0.114. The summed E-state index contributed by atoms with van der Waals surface area (Å²) in [5, 5.41) is 9.80. The molecule has 0 unspecified atom stereocenters. The molecule has 0 N–H and O–H groups in total. The molecule has 2 heterocycles. The molecule has 218 valence electrons. The average Bonchev–Trinajstić information content (AvgIpc) is 3.58. The van der Waals surface area contributed by atoms with Crippen molar-refractivity contribution in [2.75, 3.05) is 27.1 Å². The van der Waals surface area contributed by atoms with Gasteiger partial charge in [0.2, 0.25) is 6.79 Å². The first-order valence-electron chi connectivity index (χ1n) is 13.1. The molecular formula is C31H29NO9S. The number of hydrogen-bond donors (Lipinski definition) is 0. The number of Topliss-reactive ketones (excluding diaryl/α,β-unsaturated/α-hetero) is 1. The highest BCUT2D eigenvalue weighted by atomic mass is 32.1. The van der Waals surface area contributed by atoms with Gasteiger partial charge in [0.1, 0.15) is 17.6 Å². The van der Waals surface area contributed by atoms with Crippen LogP contribution in [0.4, 0.5) is 0 Å². The number of nitriles is 1. The molecule has 10 nitrogen and oxygen atoms in total. The minimum Gasteiger partial charge on any atom is -0.493 e. The van der Waals surface area contributed by atoms with Crippen LogP contribution in [0.25, 0.3) is 6.08 Å². The number of esters is 2. The third kappa shape index (κ3) is 6.72. The first-order chi connectivity index (χ1) is 20.3. The van der Waals surface area contributed by atoms with Gasteiger partial charge in [-0.3, -0.25) is 4.79 Å². The highest BCUT2D eigenvalue weighted by molar-refractivity contribution is 7.14. The number of benzene rings is 2. The van der Waals surface area contributed by atoms with E-state index in [4.69, 9.17) is 28.4 Å². The molecule has 3 aromatic rings. The maximum Gasteiger partial charge on any atom is 0.348 e. The number of hydrogen-bond acceptors (Lipinski definition) is 11. The monoisotopic (exact) mass is 591 g/mol. The molecule has 0 saturated carbocycles. The van der Waals surface area contributed by atoms with E-state index in [2.05, 4.69) is 0 Å². The fourth-order valence-corrected chi connectivity index (χ4v) is 5.41. The van der Waals surface area contributed by atoms with Crippen LogP contribution in [0.15, 0.2) is 42.0 Å².